The molecule has 0 aliphatic heterocycles. The molecule has 0 unspecified atom stereocenters. The fraction of sp³-hybridized carbons (Fsp3) is 0.0526. The molecular weight excluding hydrogens is 318 g/mol. The Balaban J connectivity index is 1.67. The molecule has 4 rings (SSSR count). The van der Waals surface area contributed by atoms with E-state index in [4.69, 9.17) is 4.74 Å². The number of aromatic nitrogens is 3. The zero-order valence-electron chi connectivity index (χ0n) is 13.1. The summed E-state index contributed by atoms with van der Waals surface area (Å²) in [5.74, 6) is -1.00. The Morgan fingerprint density at radius 3 is 2.16 bits per heavy atom. The summed E-state index contributed by atoms with van der Waals surface area (Å²) in [6.07, 6.45) is 4.15. The van der Waals surface area contributed by atoms with Crippen LogP contribution in [0.1, 0.15) is 15.3 Å². The Hall–Kier alpha value is -3.54. The van der Waals surface area contributed by atoms with Gasteiger partial charge < -0.3 is 4.74 Å². The van der Waals surface area contributed by atoms with Crippen molar-refractivity contribution >= 4 is 33.7 Å². The van der Waals surface area contributed by atoms with Crippen molar-refractivity contribution in [3.8, 4) is 0 Å². The van der Waals surface area contributed by atoms with Crippen molar-refractivity contribution in [3.63, 3.8) is 0 Å². The van der Waals surface area contributed by atoms with Gasteiger partial charge in [0.25, 0.3) is 5.91 Å². The van der Waals surface area contributed by atoms with Gasteiger partial charge in [0.15, 0.2) is 12.3 Å². The lowest BCUT2D eigenvalue weighted by atomic mass is 10.2. The highest BCUT2D eigenvalue weighted by molar-refractivity contribution is 6.13. The van der Waals surface area contributed by atoms with Gasteiger partial charge in [-0.25, -0.2) is 9.78 Å². The zero-order chi connectivity index (χ0) is 17.2. The molecule has 0 aliphatic rings. The van der Waals surface area contributed by atoms with Crippen LogP contribution in [-0.2, 0) is 4.74 Å². The quantitative estimate of drug-likeness (QED) is 0.539. The minimum Gasteiger partial charge on any atom is -0.451 e. The number of fused-ring (bicyclic) bond motifs is 3. The maximum absolute atomic E-state index is 12.7. The summed E-state index contributed by atoms with van der Waals surface area (Å²) in [6.45, 7) is -0.377. The van der Waals surface area contributed by atoms with Crippen LogP contribution in [0.4, 0.5) is 0 Å². The van der Waals surface area contributed by atoms with Crippen LogP contribution in [0.2, 0.25) is 0 Å². The van der Waals surface area contributed by atoms with Crippen molar-refractivity contribution in [2.45, 2.75) is 0 Å². The number of hydrogen-bond donors (Lipinski definition) is 0. The molecule has 6 heteroatoms. The topological polar surface area (TPSA) is 74.1 Å². The van der Waals surface area contributed by atoms with Crippen LogP contribution in [0.15, 0.2) is 67.1 Å². The first kappa shape index (κ1) is 15.0. The summed E-state index contributed by atoms with van der Waals surface area (Å²) in [5.41, 5.74) is 1.63. The Labute approximate surface area is 142 Å². The first-order chi connectivity index (χ1) is 12.3. The Morgan fingerprint density at radius 1 is 0.920 bits per heavy atom. The molecule has 2 heterocycles. The van der Waals surface area contributed by atoms with E-state index in [0.717, 1.165) is 21.8 Å². The van der Waals surface area contributed by atoms with Crippen LogP contribution in [0.5, 0.6) is 0 Å². The van der Waals surface area contributed by atoms with Crippen LogP contribution >= 0.6 is 0 Å². The number of hydrogen-bond acceptors (Lipinski definition) is 5. The van der Waals surface area contributed by atoms with Gasteiger partial charge in [0.05, 0.1) is 17.2 Å². The van der Waals surface area contributed by atoms with Crippen LogP contribution in [0.25, 0.3) is 21.8 Å². The van der Waals surface area contributed by atoms with Gasteiger partial charge in [0.2, 0.25) is 0 Å². The van der Waals surface area contributed by atoms with Gasteiger partial charge in [0.1, 0.15) is 0 Å². The Morgan fingerprint density at radius 2 is 1.56 bits per heavy atom. The summed E-state index contributed by atoms with van der Waals surface area (Å²) in [5, 5.41) is 1.96. The molecule has 0 atom stereocenters. The predicted octanol–water partition coefficient (Wildman–Crippen LogP) is 3.08. The maximum Gasteiger partial charge on any atom is 0.359 e. The summed E-state index contributed by atoms with van der Waals surface area (Å²) in [6, 6.07) is 15.3. The molecule has 25 heavy (non-hydrogen) atoms. The normalized spacial score (nSPS) is 10.9. The van der Waals surface area contributed by atoms with Crippen molar-refractivity contribution in [1.29, 1.82) is 0 Å². The molecular formula is C19H13N3O3. The third kappa shape index (κ3) is 2.63. The predicted molar refractivity (Wildman–Crippen MR) is 92.4 cm³/mol. The van der Waals surface area contributed by atoms with E-state index < -0.39 is 5.97 Å². The maximum atomic E-state index is 12.7. The molecule has 0 saturated carbocycles. The number of rotatable bonds is 3. The lowest BCUT2D eigenvalue weighted by Crippen LogP contribution is -2.20. The number of ether oxygens (including phenoxy) is 1. The van der Waals surface area contributed by atoms with E-state index in [-0.39, 0.29) is 18.2 Å². The summed E-state index contributed by atoms with van der Waals surface area (Å²) in [4.78, 5) is 32.4. The minimum absolute atomic E-state index is 0.0672. The molecule has 4 aromatic rings. The molecule has 2 aromatic carbocycles. The average Bonchev–Trinajstić information content (AvgIpc) is 3.01. The Kier molecular flexibility index (Phi) is 3.70. The molecule has 6 nitrogen and oxygen atoms in total. The number of nitrogens with zero attached hydrogens (tertiary/aromatic N) is 3. The van der Waals surface area contributed by atoms with Gasteiger partial charge in [-0.3, -0.25) is 14.3 Å². The zero-order valence-corrected chi connectivity index (χ0v) is 13.1. The molecule has 0 N–H and O–H groups in total. The number of esters is 1. The van der Waals surface area contributed by atoms with E-state index in [2.05, 4.69) is 9.97 Å². The highest BCUT2D eigenvalue weighted by atomic mass is 16.5. The fourth-order valence-corrected chi connectivity index (χ4v) is 2.86. The Bertz CT molecular complexity index is 1030. The van der Waals surface area contributed by atoms with Crippen molar-refractivity contribution in [3.05, 3.63) is 72.8 Å². The summed E-state index contributed by atoms with van der Waals surface area (Å²) in [7, 11) is 0. The van der Waals surface area contributed by atoms with Gasteiger partial charge >= 0.3 is 5.97 Å². The molecule has 0 bridgehead atoms. The number of para-hydroxylation sites is 2. The van der Waals surface area contributed by atoms with Gasteiger partial charge in [-0.15, -0.1) is 0 Å². The second-order valence-electron chi connectivity index (χ2n) is 5.43. The lowest BCUT2D eigenvalue weighted by Gasteiger charge is -2.07. The third-order valence-corrected chi connectivity index (χ3v) is 3.93. The van der Waals surface area contributed by atoms with Gasteiger partial charge in [0, 0.05) is 23.2 Å². The number of benzene rings is 2. The SMILES string of the molecule is O=C(OCC(=O)n1c2ccccc2c2ccccc21)c1cnccn1. The van der Waals surface area contributed by atoms with Gasteiger partial charge in [-0.1, -0.05) is 36.4 Å². The van der Waals surface area contributed by atoms with E-state index in [1.165, 1.54) is 18.6 Å². The molecule has 0 radical (unpaired) electrons. The summed E-state index contributed by atoms with van der Waals surface area (Å²) >= 11 is 0. The van der Waals surface area contributed by atoms with E-state index in [0.29, 0.717) is 0 Å². The average molecular weight is 331 g/mol. The first-order valence-corrected chi connectivity index (χ1v) is 7.70. The van der Waals surface area contributed by atoms with Crippen LogP contribution in [0.3, 0.4) is 0 Å². The van der Waals surface area contributed by atoms with Crippen molar-refractivity contribution < 1.29 is 14.3 Å². The molecule has 0 aliphatic carbocycles. The highest BCUT2D eigenvalue weighted by Crippen LogP contribution is 2.28. The first-order valence-electron chi connectivity index (χ1n) is 7.70. The van der Waals surface area contributed by atoms with E-state index >= 15 is 0 Å². The lowest BCUT2D eigenvalue weighted by molar-refractivity contribution is 0.0446. The van der Waals surface area contributed by atoms with E-state index in [1.54, 1.807) is 4.57 Å². The molecule has 0 fully saturated rings. The van der Waals surface area contributed by atoms with E-state index in [9.17, 15) is 9.59 Å². The van der Waals surface area contributed by atoms with Crippen molar-refractivity contribution in [2.75, 3.05) is 6.61 Å². The molecule has 122 valence electrons. The van der Waals surface area contributed by atoms with Crippen molar-refractivity contribution in [2.24, 2.45) is 0 Å². The molecule has 0 saturated heterocycles. The fourth-order valence-electron chi connectivity index (χ4n) is 2.86. The van der Waals surface area contributed by atoms with Crippen molar-refractivity contribution in [1.82, 2.24) is 14.5 Å². The second kappa shape index (κ2) is 6.16. The monoisotopic (exact) mass is 331 g/mol. The second-order valence-corrected chi connectivity index (χ2v) is 5.43. The van der Waals surface area contributed by atoms with Gasteiger partial charge in [-0.05, 0) is 12.1 Å². The van der Waals surface area contributed by atoms with Crippen LogP contribution in [-0.4, -0.2) is 33.0 Å². The third-order valence-electron chi connectivity index (χ3n) is 3.93. The number of carbonyl (C=O) groups is 2. The summed E-state index contributed by atoms with van der Waals surface area (Å²) < 4.78 is 6.68. The van der Waals surface area contributed by atoms with Crippen LogP contribution in [0, 0.1) is 0 Å². The smallest absolute Gasteiger partial charge is 0.359 e. The molecule has 0 spiro atoms. The largest absolute Gasteiger partial charge is 0.451 e. The molecule has 2 aromatic heterocycles. The highest BCUT2D eigenvalue weighted by Gasteiger charge is 2.17. The molecule has 0 amide bonds. The standard InChI is InChI=1S/C19H13N3O3/c23-18(12-25-19(24)15-11-20-9-10-21-15)22-16-7-3-1-5-13(16)14-6-2-4-8-17(14)22/h1-11H,12H2. The van der Waals surface area contributed by atoms with Crippen LogP contribution < -0.4 is 0 Å². The minimum atomic E-state index is -0.679. The van der Waals surface area contributed by atoms with Gasteiger partial charge in [-0.2, -0.15) is 0 Å². The number of carbonyl (C=O) groups excluding carboxylic acids is 2. The van der Waals surface area contributed by atoms with E-state index in [1.807, 2.05) is 48.5 Å².